The molecule has 16 heavy (non-hydrogen) atoms. The van der Waals surface area contributed by atoms with Crippen molar-refractivity contribution in [3.05, 3.63) is 34.6 Å². The van der Waals surface area contributed by atoms with Crippen molar-refractivity contribution in [2.24, 2.45) is 0 Å². The smallest absolute Gasteiger partial charge is 0.200 e. The summed E-state index contributed by atoms with van der Waals surface area (Å²) < 4.78 is 64.3. The van der Waals surface area contributed by atoms with Crippen molar-refractivity contribution in [1.29, 1.82) is 0 Å². The molecular formula is C9H7ClF5N. The minimum absolute atomic E-state index is 0. The van der Waals surface area contributed by atoms with Gasteiger partial charge in [-0.1, -0.05) is 0 Å². The summed E-state index contributed by atoms with van der Waals surface area (Å²) in [5.41, 5.74) is -0.766. The molecule has 1 N–H and O–H groups in total. The Morgan fingerprint density at radius 2 is 1.19 bits per heavy atom. The monoisotopic (exact) mass is 259 g/mol. The zero-order valence-electron chi connectivity index (χ0n) is 7.79. The third kappa shape index (κ3) is 1.76. The van der Waals surface area contributed by atoms with Crippen molar-refractivity contribution in [1.82, 2.24) is 5.32 Å². The van der Waals surface area contributed by atoms with Crippen molar-refractivity contribution in [2.75, 3.05) is 6.54 Å². The van der Waals surface area contributed by atoms with Crippen molar-refractivity contribution >= 4 is 12.4 Å². The van der Waals surface area contributed by atoms with E-state index in [1.54, 1.807) is 0 Å². The van der Waals surface area contributed by atoms with Gasteiger partial charge in [0.05, 0.1) is 0 Å². The molecule has 1 aromatic rings. The summed E-state index contributed by atoms with van der Waals surface area (Å²) in [6.45, 7) is 0.504. The Balaban J connectivity index is 0.00000128. The van der Waals surface area contributed by atoms with Crippen molar-refractivity contribution in [3.8, 4) is 0 Å². The Kier molecular flexibility index (Phi) is 3.75. The quantitative estimate of drug-likeness (QED) is 0.465. The van der Waals surface area contributed by atoms with E-state index in [0.29, 0.717) is 13.0 Å². The van der Waals surface area contributed by atoms with Gasteiger partial charge in [0.2, 0.25) is 5.82 Å². The molecule has 0 aromatic heterocycles. The Hall–Kier alpha value is -0.880. The maximum Gasteiger partial charge on any atom is 0.200 e. The van der Waals surface area contributed by atoms with Crippen LogP contribution in [0.1, 0.15) is 18.0 Å². The van der Waals surface area contributed by atoms with Crippen LogP contribution in [-0.2, 0) is 0 Å². The van der Waals surface area contributed by atoms with Crippen LogP contribution >= 0.6 is 12.4 Å². The number of hydrogen-bond donors (Lipinski definition) is 1. The first-order valence-corrected chi connectivity index (χ1v) is 4.28. The molecule has 7 heteroatoms. The molecule has 0 bridgehead atoms. The molecule has 1 fully saturated rings. The minimum Gasteiger partial charge on any atom is -0.310 e. The number of hydrogen-bond acceptors (Lipinski definition) is 1. The lowest BCUT2D eigenvalue weighted by molar-refractivity contribution is 0.319. The molecule has 1 saturated heterocycles. The van der Waals surface area contributed by atoms with Crippen LogP contribution in [0.2, 0.25) is 0 Å². The van der Waals surface area contributed by atoms with Crippen LogP contribution in [0, 0.1) is 29.1 Å². The lowest BCUT2D eigenvalue weighted by Crippen LogP contribution is -2.36. The second-order valence-electron chi connectivity index (χ2n) is 3.28. The number of rotatable bonds is 1. The molecule has 1 aromatic carbocycles. The summed E-state index contributed by atoms with van der Waals surface area (Å²) >= 11 is 0. The first-order chi connectivity index (χ1) is 7.04. The van der Waals surface area contributed by atoms with Crippen LogP contribution < -0.4 is 5.32 Å². The van der Waals surface area contributed by atoms with E-state index in [1.165, 1.54) is 0 Å². The highest BCUT2D eigenvalue weighted by Gasteiger charge is 2.32. The summed E-state index contributed by atoms with van der Waals surface area (Å²) in [5.74, 6) is -9.39. The van der Waals surface area contributed by atoms with Gasteiger partial charge in [0.1, 0.15) is 0 Å². The Morgan fingerprint density at radius 1 is 0.812 bits per heavy atom. The Morgan fingerprint density at radius 3 is 1.50 bits per heavy atom. The van der Waals surface area contributed by atoms with Crippen LogP contribution in [0.25, 0.3) is 0 Å². The van der Waals surface area contributed by atoms with E-state index in [9.17, 15) is 22.0 Å². The van der Waals surface area contributed by atoms with E-state index in [0.717, 1.165) is 0 Å². The van der Waals surface area contributed by atoms with Gasteiger partial charge in [0.15, 0.2) is 23.3 Å². The molecule has 2 rings (SSSR count). The molecule has 1 nitrogen and oxygen atoms in total. The molecular weight excluding hydrogens is 253 g/mol. The fourth-order valence-electron chi connectivity index (χ4n) is 1.46. The van der Waals surface area contributed by atoms with Gasteiger partial charge in [-0.3, -0.25) is 0 Å². The Labute approximate surface area is 94.1 Å². The van der Waals surface area contributed by atoms with Gasteiger partial charge in [0.25, 0.3) is 0 Å². The molecule has 0 saturated carbocycles. The zero-order chi connectivity index (χ0) is 11.2. The second kappa shape index (κ2) is 4.55. The molecule has 90 valence electrons. The highest BCUT2D eigenvalue weighted by atomic mass is 35.5. The third-order valence-corrected chi connectivity index (χ3v) is 2.42. The average molecular weight is 260 g/mol. The van der Waals surface area contributed by atoms with Gasteiger partial charge in [-0.05, 0) is 13.0 Å². The van der Waals surface area contributed by atoms with E-state index < -0.39 is 40.7 Å². The van der Waals surface area contributed by atoms with E-state index in [1.807, 2.05) is 0 Å². The summed E-state index contributed by atoms with van der Waals surface area (Å²) in [7, 11) is 0. The first kappa shape index (κ1) is 13.2. The van der Waals surface area contributed by atoms with Gasteiger partial charge in [-0.2, -0.15) is 0 Å². The highest BCUT2D eigenvalue weighted by Crippen LogP contribution is 2.31. The van der Waals surface area contributed by atoms with Crippen LogP contribution in [0.4, 0.5) is 22.0 Å². The minimum atomic E-state index is -2.12. The van der Waals surface area contributed by atoms with Crippen LogP contribution in [-0.4, -0.2) is 6.54 Å². The van der Waals surface area contributed by atoms with Crippen molar-refractivity contribution in [3.63, 3.8) is 0 Å². The van der Waals surface area contributed by atoms with Gasteiger partial charge in [-0.25, -0.2) is 22.0 Å². The molecule has 0 radical (unpaired) electrons. The van der Waals surface area contributed by atoms with E-state index in [4.69, 9.17) is 0 Å². The van der Waals surface area contributed by atoms with Crippen LogP contribution in [0.3, 0.4) is 0 Å². The van der Waals surface area contributed by atoms with Crippen LogP contribution in [0.5, 0.6) is 0 Å². The third-order valence-electron chi connectivity index (χ3n) is 2.42. The molecule has 0 aliphatic carbocycles. The summed E-state index contributed by atoms with van der Waals surface area (Å²) in [6, 6.07) is -0.783. The van der Waals surface area contributed by atoms with Gasteiger partial charge < -0.3 is 5.32 Å². The van der Waals surface area contributed by atoms with Crippen molar-refractivity contribution in [2.45, 2.75) is 12.5 Å². The molecule has 1 atom stereocenters. The molecule has 1 aliphatic rings. The van der Waals surface area contributed by atoms with E-state index in [2.05, 4.69) is 5.32 Å². The second-order valence-corrected chi connectivity index (χ2v) is 3.28. The topological polar surface area (TPSA) is 12.0 Å². The Bertz CT molecular complexity index is 390. The maximum atomic E-state index is 13.1. The summed E-state index contributed by atoms with van der Waals surface area (Å²) in [5, 5.41) is 2.58. The van der Waals surface area contributed by atoms with E-state index >= 15 is 0 Å². The lowest BCUT2D eigenvalue weighted by atomic mass is 9.96. The normalized spacial score (nSPS) is 18.9. The van der Waals surface area contributed by atoms with Gasteiger partial charge in [-0.15, -0.1) is 12.4 Å². The number of halogens is 6. The largest absolute Gasteiger partial charge is 0.310 e. The predicted octanol–water partition coefficient (Wildman–Crippen LogP) is 2.84. The van der Waals surface area contributed by atoms with Crippen molar-refractivity contribution < 1.29 is 22.0 Å². The first-order valence-electron chi connectivity index (χ1n) is 4.28. The fraction of sp³-hybridized carbons (Fsp3) is 0.333. The fourth-order valence-corrected chi connectivity index (χ4v) is 1.46. The number of nitrogens with one attached hydrogen (secondary N) is 1. The molecule has 0 spiro atoms. The highest BCUT2D eigenvalue weighted by molar-refractivity contribution is 5.85. The molecule has 1 unspecified atom stereocenters. The van der Waals surface area contributed by atoms with Crippen LogP contribution in [0.15, 0.2) is 0 Å². The number of benzene rings is 1. The van der Waals surface area contributed by atoms with E-state index in [-0.39, 0.29) is 12.4 Å². The summed E-state index contributed by atoms with van der Waals surface area (Å²) in [4.78, 5) is 0. The molecule has 1 aliphatic heterocycles. The SMILES string of the molecule is Cl.Fc1c(F)c(F)c(C2CCN2)c(F)c1F. The molecule has 1 heterocycles. The van der Waals surface area contributed by atoms with Gasteiger partial charge in [0, 0.05) is 11.6 Å². The predicted molar refractivity (Wildman–Crippen MR) is 48.8 cm³/mol. The van der Waals surface area contributed by atoms with Gasteiger partial charge >= 0.3 is 0 Å². The molecule has 0 amide bonds. The summed E-state index contributed by atoms with van der Waals surface area (Å²) in [6.07, 6.45) is 0.359. The zero-order valence-corrected chi connectivity index (χ0v) is 8.61. The average Bonchev–Trinajstić information content (AvgIpc) is 2.15. The maximum absolute atomic E-state index is 13.1. The lowest BCUT2D eigenvalue weighted by Gasteiger charge is -2.28. The standard InChI is InChI=1S/C9H6F5N.ClH/c10-5-4(3-1-2-15-3)6(11)8(13)9(14)7(5)12;/h3,15H,1-2H2;1H.